The maximum Gasteiger partial charge on any atom is 0.267 e. The second-order valence-electron chi connectivity index (χ2n) is 1.17. The van der Waals surface area contributed by atoms with Crippen LogP contribution in [-0.2, 0) is 11.1 Å². The van der Waals surface area contributed by atoms with Gasteiger partial charge >= 0.3 is 0 Å². The van der Waals surface area contributed by atoms with Gasteiger partial charge in [0.05, 0.1) is 12.4 Å². The van der Waals surface area contributed by atoms with Crippen molar-refractivity contribution in [3.05, 3.63) is 12.4 Å². The molecule has 0 aliphatic heterocycles. The monoisotopic (exact) mass is 145 g/mol. The SMILES string of the molecule is O=S(O)c1nccnn1. The molecular formula is C3H3N3O2S. The van der Waals surface area contributed by atoms with E-state index in [4.69, 9.17) is 4.55 Å². The second kappa shape index (κ2) is 2.60. The molecule has 1 aromatic heterocycles. The van der Waals surface area contributed by atoms with Crippen LogP contribution in [0.4, 0.5) is 0 Å². The molecule has 0 saturated heterocycles. The van der Waals surface area contributed by atoms with E-state index in [-0.39, 0.29) is 5.16 Å². The van der Waals surface area contributed by atoms with Crippen molar-refractivity contribution < 1.29 is 8.76 Å². The third-order valence-corrected chi connectivity index (χ3v) is 1.12. The maximum atomic E-state index is 10.1. The molecule has 0 aromatic carbocycles. The summed E-state index contributed by atoms with van der Waals surface area (Å²) < 4.78 is 18.5. The predicted molar refractivity (Wildman–Crippen MR) is 28.9 cm³/mol. The van der Waals surface area contributed by atoms with E-state index in [1.165, 1.54) is 12.4 Å². The predicted octanol–water partition coefficient (Wildman–Crippen LogP) is -0.548. The molecule has 1 atom stereocenters. The normalized spacial score (nSPS) is 13.0. The molecule has 0 saturated carbocycles. The van der Waals surface area contributed by atoms with Crippen LogP contribution in [0.2, 0.25) is 0 Å². The Morgan fingerprint density at radius 1 is 1.56 bits per heavy atom. The van der Waals surface area contributed by atoms with Gasteiger partial charge in [-0.2, -0.15) is 5.10 Å². The molecule has 5 nitrogen and oxygen atoms in total. The molecule has 0 spiro atoms. The highest BCUT2D eigenvalue weighted by atomic mass is 32.2. The van der Waals surface area contributed by atoms with Crippen LogP contribution in [0, 0.1) is 0 Å². The average molecular weight is 145 g/mol. The molecule has 0 radical (unpaired) electrons. The Hall–Kier alpha value is -0.880. The minimum absolute atomic E-state index is 0.169. The average Bonchev–Trinajstić information content (AvgIpc) is 1.90. The molecule has 48 valence electrons. The lowest BCUT2D eigenvalue weighted by Crippen LogP contribution is -1.97. The first-order valence-electron chi connectivity index (χ1n) is 2.05. The molecule has 0 aliphatic rings. The zero-order valence-corrected chi connectivity index (χ0v) is 5.08. The van der Waals surface area contributed by atoms with Crippen molar-refractivity contribution in [2.24, 2.45) is 0 Å². The molecule has 1 N–H and O–H groups in total. The second-order valence-corrected chi connectivity index (χ2v) is 2.04. The van der Waals surface area contributed by atoms with Crippen molar-refractivity contribution in [1.82, 2.24) is 15.2 Å². The van der Waals surface area contributed by atoms with Gasteiger partial charge < -0.3 is 0 Å². The summed E-state index contributed by atoms with van der Waals surface area (Å²) in [5.41, 5.74) is 0. The molecule has 1 rings (SSSR count). The number of rotatable bonds is 1. The highest BCUT2D eigenvalue weighted by molar-refractivity contribution is 7.79. The molecule has 0 aliphatic carbocycles. The summed E-state index contributed by atoms with van der Waals surface area (Å²) in [5, 5.41) is 6.44. The van der Waals surface area contributed by atoms with Crippen LogP contribution >= 0.6 is 0 Å². The zero-order chi connectivity index (χ0) is 6.69. The fourth-order valence-electron chi connectivity index (χ4n) is 0.315. The van der Waals surface area contributed by atoms with Crippen LogP contribution in [0.1, 0.15) is 0 Å². The van der Waals surface area contributed by atoms with E-state index in [1.807, 2.05) is 0 Å². The molecule has 0 fully saturated rings. The standard InChI is InChI=1S/C3H3N3O2S/c7-9(8)3-4-1-2-5-6-3/h1-2H,(H,7,8). The van der Waals surface area contributed by atoms with E-state index >= 15 is 0 Å². The van der Waals surface area contributed by atoms with Crippen molar-refractivity contribution in [3.8, 4) is 0 Å². The first-order valence-corrected chi connectivity index (χ1v) is 3.16. The van der Waals surface area contributed by atoms with Gasteiger partial charge in [0, 0.05) is 0 Å². The lowest BCUT2D eigenvalue weighted by Gasteiger charge is -1.85. The third kappa shape index (κ3) is 1.51. The zero-order valence-electron chi connectivity index (χ0n) is 4.26. The Kier molecular flexibility index (Phi) is 1.81. The smallest absolute Gasteiger partial charge is 0.267 e. The highest BCUT2D eigenvalue weighted by Crippen LogP contribution is 1.87. The van der Waals surface area contributed by atoms with Crippen molar-refractivity contribution in [2.45, 2.75) is 5.16 Å². The largest absolute Gasteiger partial charge is 0.300 e. The topological polar surface area (TPSA) is 76.0 Å². The lowest BCUT2D eigenvalue weighted by atomic mass is 10.9. The number of nitrogens with zero attached hydrogens (tertiary/aromatic N) is 3. The van der Waals surface area contributed by atoms with E-state index in [9.17, 15) is 4.21 Å². The van der Waals surface area contributed by atoms with Crippen molar-refractivity contribution in [1.29, 1.82) is 0 Å². The Morgan fingerprint density at radius 3 is 2.67 bits per heavy atom. The molecule has 1 unspecified atom stereocenters. The quantitative estimate of drug-likeness (QED) is 0.536. The van der Waals surface area contributed by atoms with Gasteiger partial charge in [0.1, 0.15) is 0 Å². The summed E-state index contributed by atoms with van der Waals surface area (Å²) in [7, 11) is 0. The van der Waals surface area contributed by atoms with Crippen LogP contribution in [0.3, 0.4) is 0 Å². The van der Waals surface area contributed by atoms with E-state index in [0.29, 0.717) is 0 Å². The van der Waals surface area contributed by atoms with Crippen LogP contribution in [-0.4, -0.2) is 23.9 Å². The van der Waals surface area contributed by atoms with Gasteiger partial charge in [0.2, 0.25) is 11.1 Å². The minimum atomic E-state index is -2.11. The summed E-state index contributed by atoms with van der Waals surface area (Å²) in [6, 6.07) is 0. The summed E-state index contributed by atoms with van der Waals surface area (Å²) in [4.78, 5) is 3.45. The fraction of sp³-hybridized carbons (Fsp3) is 0. The lowest BCUT2D eigenvalue weighted by molar-refractivity contribution is 0.551. The van der Waals surface area contributed by atoms with Crippen LogP contribution in [0.25, 0.3) is 0 Å². The van der Waals surface area contributed by atoms with Gasteiger partial charge in [-0.05, 0) is 0 Å². The van der Waals surface area contributed by atoms with Crippen molar-refractivity contribution in [3.63, 3.8) is 0 Å². The Morgan fingerprint density at radius 2 is 2.33 bits per heavy atom. The Balaban J connectivity index is 2.98. The molecule has 1 aromatic rings. The molecule has 9 heavy (non-hydrogen) atoms. The van der Waals surface area contributed by atoms with Gasteiger partial charge in [-0.1, -0.05) is 0 Å². The minimum Gasteiger partial charge on any atom is -0.300 e. The van der Waals surface area contributed by atoms with E-state index in [2.05, 4.69) is 15.2 Å². The van der Waals surface area contributed by atoms with E-state index < -0.39 is 11.1 Å². The summed E-state index contributed by atoms with van der Waals surface area (Å²) in [6.45, 7) is 0. The van der Waals surface area contributed by atoms with E-state index in [1.54, 1.807) is 0 Å². The van der Waals surface area contributed by atoms with Gasteiger partial charge in [0.25, 0.3) is 5.16 Å². The third-order valence-electron chi connectivity index (χ3n) is 0.618. The number of hydrogen-bond acceptors (Lipinski definition) is 4. The van der Waals surface area contributed by atoms with Gasteiger partial charge in [0.15, 0.2) is 0 Å². The van der Waals surface area contributed by atoms with Crippen molar-refractivity contribution >= 4 is 11.1 Å². The summed E-state index contributed by atoms with van der Waals surface area (Å²) in [6.07, 6.45) is 2.63. The molecule has 0 bridgehead atoms. The number of aromatic nitrogens is 3. The number of hydrogen-bond donors (Lipinski definition) is 1. The highest BCUT2D eigenvalue weighted by Gasteiger charge is 1.99. The van der Waals surface area contributed by atoms with Gasteiger partial charge in [-0.15, -0.1) is 5.10 Å². The van der Waals surface area contributed by atoms with Crippen molar-refractivity contribution in [2.75, 3.05) is 0 Å². The van der Waals surface area contributed by atoms with Crippen LogP contribution in [0.15, 0.2) is 17.6 Å². The molecule has 6 heteroatoms. The van der Waals surface area contributed by atoms with Crippen LogP contribution < -0.4 is 0 Å². The Bertz CT molecular complexity index is 214. The summed E-state index contributed by atoms with van der Waals surface area (Å²) in [5.74, 6) is 0. The maximum absolute atomic E-state index is 10.1. The van der Waals surface area contributed by atoms with Gasteiger partial charge in [-0.25, -0.2) is 9.19 Å². The molecule has 1 heterocycles. The summed E-state index contributed by atoms with van der Waals surface area (Å²) >= 11 is -2.11. The Labute approximate surface area is 53.4 Å². The first-order chi connectivity index (χ1) is 4.30. The fourth-order valence-corrected chi connectivity index (χ4v) is 0.583. The van der Waals surface area contributed by atoms with E-state index in [0.717, 1.165) is 0 Å². The first kappa shape index (κ1) is 6.24. The molecular weight excluding hydrogens is 142 g/mol. The van der Waals surface area contributed by atoms with Crippen LogP contribution in [0.5, 0.6) is 0 Å². The van der Waals surface area contributed by atoms with Gasteiger partial charge in [-0.3, -0.25) is 4.55 Å². The molecule has 0 amide bonds.